The maximum atomic E-state index is 12.5. The lowest BCUT2D eigenvalue weighted by molar-refractivity contribution is -0.129. The van der Waals surface area contributed by atoms with Gasteiger partial charge in [0.05, 0.1) is 11.9 Å². The first-order chi connectivity index (χ1) is 8.93. The molecule has 4 nitrogen and oxygen atoms in total. The number of amidine groups is 1. The second kappa shape index (κ2) is 7.77. The molecule has 4 heteroatoms. The molecule has 0 radical (unpaired) electrons. The minimum Gasteiger partial charge on any atom is -0.388 e. The van der Waals surface area contributed by atoms with E-state index < -0.39 is 0 Å². The Bertz CT molecular complexity index is 331. The van der Waals surface area contributed by atoms with Gasteiger partial charge in [0.2, 0.25) is 0 Å². The molecule has 0 saturated carbocycles. The van der Waals surface area contributed by atoms with Crippen molar-refractivity contribution in [2.75, 3.05) is 6.54 Å². The van der Waals surface area contributed by atoms with Crippen LogP contribution in [0.4, 0.5) is 0 Å². The quantitative estimate of drug-likeness (QED) is 0.429. The van der Waals surface area contributed by atoms with Crippen molar-refractivity contribution in [3.05, 3.63) is 0 Å². The van der Waals surface area contributed by atoms with E-state index in [1.54, 1.807) is 6.92 Å². The number of hydrogen-bond donors (Lipinski definition) is 2. The molecule has 0 fully saturated rings. The summed E-state index contributed by atoms with van der Waals surface area (Å²) < 4.78 is 0. The third-order valence-corrected chi connectivity index (χ3v) is 2.93. The first-order valence-electron chi connectivity index (χ1n) is 7.52. The number of carbonyl (C=O) groups is 1. The van der Waals surface area contributed by atoms with E-state index >= 15 is 0 Å². The third-order valence-electron chi connectivity index (χ3n) is 2.93. The van der Waals surface area contributed by atoms with Crippen LogP contribution >= 0.6 is 0 Å². The maximum Gasteiger partial charge on any atom is 0.155 e. The second-order valence-corrected chi connectivity index (χ2v) is 7.58. The zero-order chi connectivity index (χ0) is 16.0. The van der Waals surface area contributed by atoms with E-state index in [0.29, 0.717) is 5.84 Å². The van der Waals surface area contributed by atoms with Gasteiger partial charge in [-0.05, 0) is 47.0 Å². The highest BCUT2D eigenvalue weighted by Gasteiger charge is 2.31. The topological polar surface area (TPSA) is 67.5 Å². The van der Waals surface area contributed by atoms with Gasteiger partial charge in [-0.1, -0.05) is 20.8 Å². The summed E-state index contributed by atoms with van der Waals surface area (Å²) in [5.41, 5.74) is 5.14. The Morgan fingerprint density at radius 3 is 2.10 bits per heavy atom. The lowest BCUT2D eigenvalue weighted by Crippen LogP contribution is -2.50. The summed E-state index contributed by atoms with van der Waals surface area (Å²) in [4.78, 5) is 16.7. The van der Waals surface area contributed by atoms with Gasteiger partial charge in [0.25, 0.3) is 0 Å². The van der Waals surface area contributed by atoms with Gasteiger partial charge < -0.3 is 11.1 Å². The molecule has 3 N–H and O–H groups in total. The molecule has 0 aliphatic rings. The van der Waals surface area contributed by atoms with Gasteiger partial charge in [-0.3, -0.25) is 9.79 Å². The second-order valence-electron chi connectivity index (χ2n) is 7.58. The van der Waals surface area contributed by atoms with Crippen molar-refractivity contribution in [3.63, 3.8) is 0 Å². The summed E-state index contributed by atoms with van der Waals surface area (Å²) in [7, 11) is 0. The number of ketones is 1. The van der Waals surface area contributed by atoms with Gasteiger partial charge in [0, 0.05) is 17.5 Å². The van der Waals surface area contributed by atoms with E-state index in [1.807, 2.05) is 20.8 Å². The summed E-state index contributed by atoms with van der Waals surface area (Å²) in [6.07, 6.45) is 2.80. The van der Waals surface area contributed by atoms with Crippen molar-refractivity contribution in [2.45, 2.75) is 79.3 Å². The highest BCUT2D eigenvalue weighted by Crippen LogP contribution is 2.21. The maximum absolute atomic E-state index is 12.5. The van der Waals surface area contributed by atoms with Crippen molar-refractivity contribution in [2.24, 2.45) is 16.1 Å². The van der Waals surface area contributed by atoms with Crippen LogP contribution in [0.2, 0.25) is 0 Å². The molecular weight excluding hydrogens is 250 g/mol. The molecule has 0 unspecified atom stereocenters. The third kappa shape index (κ3) is 9.08. The van der Waals surface area contributed by atoms with Crippen molar-refractivity contribution < 1.29 is 4.79 Å². The van der Waals surface area contributed by atoms with Crippen LogP contribution in [0.3, 0.4) is 0 Å². The molecule has 0 amide bonds. The van der Waals surface area contributed by atoms with E-state index in [2.05, 4.69) is 31.1 Å². The zero-order valence-corrected chi connectivity index (χ0v) is 14.3. The van der Waals surface area contributed by atoms with Gasteiger partial charge in [0.1, 0.15) is 0 Å². The Hall–Kier alpha value is -0.900. The number of hydrogen-bond acceptors (Lipinski definition) is 3. The van der Waals surface area contributed by atoms with E-state index in [-0.39, 0.29) is 22.8 Å². The van der Waals surface area contributed by atoms with Crippen LogP contribution < -0.4 is 11.1 Å². The molecule has 0 bridgehead atoms. The Kier molecular flexibility index (Phi) is 7.42. The Morgan fingerprint density at radius 2 is 1.70 bits per heavy atom. The minimum absolute atomic E-state index is 0.0580. The van der Waals surface area contributed by atoms with Gasteiger partial charge in [-0.15, -0.1) is 0 Å². The average Bonchev–Trinajstić information content (AvgIpc) is 2.22. The highest BCUT2D eigenvalue weighted by atomic mass is 16.1. The summed E-state index contributed by atoms with van der Waals surface area (Å²) in [6, 6.07) is -0.0852. The molecule has 0 saturated heterocycles. The van der Waals surface area contributed by atoms with Crippen LogP contribution in [0.25, 0.3) is 0 Å². The number of nitrogens with one attached hydrogen (secondary N) is 1. The average molecular weight is 283 g/mol. The first-order valence-corrected chi connectivity index (χ1v) is 7.52. The molecule has 0 aromatic carbocycles. The minimum atomic E-state index is -0.311. The van der Waals surface area contributed by atoms with Crippen LogP contribution in [-0.4, -0.2) is 29.7 Å². The standard InChI is InChI=1S/C16H33N3O/c1-12(17)18-11-9-8-10-13(19-16(5,6)7)14(20)15(2,3)4/h13,19H,8-11H2,1-7H3,(H2,17,18)/t13-/m1/s1. The number of nitrogens with two attached hydrogens (primary N) is 1. The molecule has 0 aromatic heterocycles. The normalized spacial score (nSPS) is 15.2. The lowest BCUT2D eigenvalue weighted by Gasteiger charge is -2.31. The van der Waals surface area contributed by atoms with Crippen molar-refractivity contribution in [3.8, 4) is 0 Å². The SMILES string of the molecule is CC(N)=NCCCC[C@@H](NC(C)(C)C)C(=O)C(C)(C)C. The summed E-state index contributed by atoms with van der Waals surface area (Å²) in [6.45, 7) is 14.8. The fourth-order valence-corrected chi connectivity index (χ4v) is 2.03. The van der Waals surface area contributed by atoms with E-state index in [9.17, 15) is 4.79 Å². The number of carbonyl (C=O) groups excluding carboxylic acids is 1. The largest absolute Gasteiger partial charge is 0.388 e. The van der Waals surface area contributed by atoms with Crippen molar-refractivity contribution in [1.82, 2.24) is 5.32 Å². The Labute approximate surface area is 124 Å². The first kappa shape index (κ1) is 19.1. The van der Waals surface area contributed by atoms with Gasteiger partial charge in [-0.2, -0.15) is 0 Å². The molecule has 0 aliphatic carbocycles. The van der Waals surface area contributed by atoms with Crippen LogP contribution in [0.1, 0.15) is 67.7 Å². The molecule has 1 atom stereocenters. The number of nitrogens with zero attached hydrogens (tertiary/aromatic N) is 1. The molecule has 0 spiro atoms. The van der Waals surface area contributed by atoms with Crippen LogP contribution in [-0.2, 0) is 4.79 Å². The fraction of sp³-hybridized carbons (Fsp3) is 0.875. The molecule has 20 heavy (non-hydrogen) atoms. The van der Waals surface area contributed by atoms with Gasteiger partial charge >= 0.3 is 0 Å². The van der Waals surface area contributed by atoms with Gasteiger partial charge in [-0.25, -0.2) is 0 Å². The van der Waals surface area contributed by atoms with Crippen molar-refractivity contribution in [1.29, 1.82) is 0 Å². The Morgan fingerprint density at radius 1 is 1.15 bits per heavy atom. The van der Waals surface area contributed by atoms with Gasteiger partial charge in [0.15, 0.2) is 5.78 Å². The Balaban J connectivity index is 4.48. The van der Waals surface area contributed by atoms with E-state index in [4.69, 9.17) is 5.73 Å². The summed E-state index contributed by atoms with van der Waals surface area (Å²) in [5, 5.41) is 3.45. The molecular formula is C16H33N3O. The zero-order valence-electron chi connectivity index (χ0n) is 14.3. The lowest BCUT2D eigenvalue weighted by atomic mass is 9.84. The molecule has 0 aromatic rings. The molecule has 0 rings (SSSR count). The summed E-state index contributed by atoms with van der Waals surface area (Å²) in [5.74, 6) is 0.908. The number of unbranched alkanes of at least 4 members (excludes halogenated alkanes) is 1. The van der Waals surface area contributed by atoms with Crippen molar-refractivity contribution >= 4 is 11.6 Å². The fourth-order valence-electron chi connectivity index (χ4n) is 2.03. The predicted octanol–water partition coefficient (Wildman–Crippen LogP) is 2.91. The predicted molar refractivity (Wildman–Crippen MR) is 87.2 cm³/mol. The number of rotatable bonds is 7. The monoisotopic (exact) mass is 283 g/mol. The van der Waals surface area contributed by atoms with Crippen LogP contribution in [0, 0.1) is 5.41 Å². The molecule has 0 aliphatic heterocycles. The van der Waals surface area contributed by atoms with Crippen LogP contribution in [0.5, 0.6) is 0 Å². The van der Waals surface area contributed by atoms with Crippen LogP contribution in [0.15, 0.2) is 4.99 Å². The molecule has 0 heterocycles. The van der Waals surface area contributed by atoms with E-state index in [0.717, 1.165) is 25.8 Å². The molecule has 118 valence electrons. The number of aliphatic imine (C=N–C) groups is 1. The smallest absolute Gasteiger partial charge is 0.155 e. The summed E-state index contributed by atoms with van der Waals surface area (Å²) >= 11 is 0. The van der Waals surface area contributed by atoms with E-state index in [1.165, 1.54) is 0 Å². The highest BCUT2D eigenvalue weighted by molar-refractivity contribution is 5.88. The number of Topliss-reactive ketones (excluding diaryl/α,β-unsaturated/α-hetero) is 1.